The number of para-hydroxylation sites is 2. The summed E-state index contributed by atoms with van der Waals surface area (Å²) >= 11 is 0. The smallest absolute Gasteiger partial charge is 0.342 e. The van der Waals surface area contributed by atoms with Crippen molar-refractivity contribution in [1.82, 2.24) is 10.6 Å². The van der Waals surface area contributed by atoms with Gasteiger partial charge in [0.25, 0.3) is 5.91 Å². The molecule has 0 fully saturated rings. The van der Waals surface area contributed by atoms with Gasteiger partial charge in [-0.25, -0.2) is 4.79 Å². The van der Waals surface area contributed by atoms with Crippen molar-refractivity contribution >= 4 is 17.8 Å². The molecule has 2 N–H and O–H groups in total. The van der Waals surface area contributed by atoms with Crippen molar-refractivity contribution in [2.45, 2.75) is 13.3 Å². The number of hydrogen-bond acceptors (Lipinski definition) is 5. The van der Waals surface area contributed by atoms with Gasteiger partial charge in [-0.05, 0) is 30.7 Å². The quantitative estimate of drug-likeness (QED) is 0.661. The minimum absolute atomic E-state index is 0.163. The number of rotatable bonds is 9. The summed E-state index contributed by atoms with van der Waals surface area (Å²) in [5, 5.41) is 5.02. The van der Waals surface area contributed by atoms with Crippen LogP contribution in [0, 0.1) is 0 Å². The van der Waals surface area contributed by atoms with Crippen LogP contribution < -0.4 is 15.4 Å². The highest BCUT2D eigenvalue weighted by molar-refractivity contribution is 5.94. The molecule has 0 spiro atoms. The molecule has 0 bridgehead atoms. The van der Waals surface area contributed by atoms with E-state index in [9.17, 15) is 14.4 Å². The number of amides is 2. The molecule has 0 saturated carbocycles. The predicted molar refractivity (Wildman–Crippen MR) is 99.6 cm³/mol. The van der Waals surface area contributed by atoms with E-state index in [1.807, 2.05) is 25.1 Å². The topological polar surface area (TPSA) is 93.7 Å². The molecule has 2 amide bonds. The molecule has 0 radical (unpaired) electrons. The van der Waals surface area contributed by atoms with Crippen molar-refractivity contribution in [3.63, 3.8) is 0 Å². The lowest BCUT2D eigenvalue weighted by atomic mass is 10.2. The summed E-state index contributed by atoms with van der Waals surface area (Å²) < 4.78 is 10.7. The first kappa shape index (κ1) is 20.0. The maximum Gasteiger partial charge on any atom is 0.342 e. The van der Waals surface area contributed by atoms with E-state index in [1.54, 1.807) is 36.4 Å². The van der Waals surface area contributed by atoms with Crippen LogP contribution in [0.4, 0.5) is 0 Å². The lowest BCUT2D eigenvalue weighted by Gasteiger charge is -2.11. The van der Waals surface area contributed by atoms with Gasteiger partial charge in [-0.3, -0.25) is 9.59 Å². The average Bonchev–Trinajstić information content (AvgIpc) is 2.70. The molecule has 27 heavy (non-hydrogen) atoms. The summed E-state index contributed by atoms with van der Waals surface area (Å²) in [5.41, 5.74) is 0.204. The highest BCUT2D eigenvalue weighted by Crippen LogP contribution is 2.25. The SMILES string of the molecule is CCCNC(=O)CNC(=O)COC(=O)c1ccccc1Oc1ccccc1. The molecule has 7 heteroatoms. The largest absolute Gasteiger partial charge is 0.456 e. The summed E-state index contributed by atoms with van der Waals surface area (Å²) in [6.07, 6.45) is 0.807. The molecule has 0 unspecified atom stereocenters. The molecule has 2 aromatic rings. The summed E-state index contributed by atoms with van der Waals surface area (Å²) in [6, 6.07) is 15.6. The Bertz CT molecular complexity index is 777. The van der Waals surface area contributed by atoms with E-state index in [0.717, 1.165) is 6.42 Å². The first-order valence-electron chi connectivity index (χ1n) is 8.62. The molecule has 0 atom stereocenters. The van der Waals surface area contributed by atoms with E-state index >= 15 is 0 Å². The van der Waals surface area contributed by atoms with Gasteiger partial charge in [0.2, 0.25) is 5.91 Å². The van der Waals surface area contributed by atoms with Gasteiger partial charge in [0, 0.05) is 6.54 Å². The van der Waals surface area contributed by atoms with Crippen LogP contribution in [-0.2, 0) is 14.3 Å². The van der Waals surface area contributed by atoms with E-state index in [2.05, 4.69) is 10.6 Å². The van der Waals surface area contributed by atoms with Crippen LogP contribution in [0.3, 0.4) is 0 Å². The molecular weight excluding hydrogens is 348 g/mol. The van der Waals surface area contributed by atoms with Gasteiger partial charge in [0.05, 0.1) is 6.54 Å². The predicted octanol–water partition coefficient (Wildman–Crippen LogP) is 2.28. The Morgan fingerprint density at radius 1 is 0.889 bits per heavy atom. The summed E-state index contributed by atoms with van der Waals surface area (Å²) in [5.74, 6) is -0.636. The molecule has 0 saturated heterocycles. The zero-order valence-electron chi connectivity index (χ0n) is 15.1. The fourth-order valence-corrected chi connectivity index (χ4v) is 2.11. The maximum absolute atomic E-state index is 12.3. The Labute approximate surface area is 157 Å². The van der Waals surface area contributed by atoms with E-state index in [1.165, 1.54) is 0 Å². The maximum atomic E-state index is 12.3. The van der Waals surface area contributed by atoms with Crippen molar-refractivity contribution in [2.75, 3.05) is 19.7 Å². The van der Waals surface area contributed by atoms with E-state index in [4.69, 9.17) is 9.47 Å². The van der Waals surface area contributed by atoms with Gasteiger partial charge in [-0.1, -0.05) is 37.3 Å². The normalized spacial score (nSPS) is 9.96. The highest BCUT2D eigenvalue weighted by atomic mass is 16.5. The minimum atomic E-state index is -0.688. The lowest BCUT2D eigenvalue weighted by Crippen LogP contribution is -2.38. The second kappa shape index (κ2) is 10.6. The molecule has 0 heterocycles. The number of carbonyl (C=O) groups is 3. The zero-order chi connectivity index (χ0) is 19.5. The number of benzene rings is 2. The van der Waals surface area contributed by atoms with Gasteiger partial charge >= 0.3 is 5.97 Å². The van der Waals surface area contributed by atoms with Gasteiger partial charge < -0.3 is 20.1 Å². The third kappa shape index (κ3) is 6.81. The lowest BCUT2D eigenvalue weighted by molar-refractivity contribution is -0.127. The van der Waals surface area contributed by atoms with Gasteiger partial charge in [0.1, 0.15) is 17.1 Å². The van der Waals surface area contributed by atoms with Crippen molar-refractivity contribution in [3.8, 4) is 11.5 Å². The van der Waals surface area contributed by atoms with E-state index in [0.29, 0.717) is 18.0 Å². The molecule has 0 aromatic heterocycles. The van der Waals surface area contributed by atoms with Crippen molar-refractivity contribution < 1.29 is 23.9 Å². The fourth-order valence-electron chi connectivity index (χ4n) is 2.11. The number of esters is 1. The van der Waals surface area contributed by atoms with Crippen LogP contribution in [0.1, 0.15) is 23.7 Å². The van der Waals surface area contributed by atoms with Gasteiger partial charge in [0.15, 0.2) is 6.61 Å². The highest BCUT2D eigenvalue weighted by Gasteiger charge is 2.16. The Morgan fingerprint density at radius 3 is 2.33 bits per heavy atom. The number of nitrogens with one attached hydrogen (secondary N) is 2. The van der Waals surface area contributed by atoms with Crippen molar-refractivity contribution in [1.29, 1.82) is 0 Å². The van der Waals surface area contributed by atoms with Crippen LogP contribution in [0.15, 0.2) is 54.6 Å². The second-order valence-electron chi connectivity index (χ2n) is 5.61. The van der Waals surface area contributed by atoms with E-state index < -0.39 is 18.5 Å². The molecule has 0 aliphatic rings. The van der Waals surface area contributed by atoms with Crippen LogP contribution in [-0.4, -0.2) is 37.5 Å². The fraction of sp³-hybridized carbons (Fsp3) is 0.250. The first-order chi connectivity index (χ1) is 13.1. The molecule has 0 aliphatic heterocycles. The van der Waals surface area contributed by atoms with Crippen LogP contribution >= 0.6 is 0 Å². The van der Waals surface area contributed by atoms with E-state index in [-0.39, 0.29) is 18.0 Å². The molecule has 0 aliphatic carbocycles. The molecule has 2 aromatic carbocycles. The molecule has 142 valence electrons. The average molecular weight is 370 g/mol. The Hall–Kier alpha value is -3.35. The zero-order valence-corrected chi connectivity index (χ0v) is 15.1. The summed E-state index contributed by atoms with van der Waals surface area (Å²) in [4.78, 5) is 35.4. The van der Waals surface area contributed by atoms with Crippen LogP contribution in [0.25, 0.3) is 0 Å². The molecule has 7 nitrogen and oxygen atoms in total. The second-order valence-corrected chi connectivity index (χ2v) is 5.61. The van der Waals surface area contributed by atoms with Crippen molar-refractivity contribution in [2.24, 2.45) is 0 Å². The van der Waals surface area contributed by atoms with Crippen LogP contribution in [0.2, 0.25) is 0 Å². The Balaban J connectivity index is 1.87. The van der Waals surface area contributed by atoms with Crippen molar-refractivity contribution in [3.05, 3.63) is 60.2 Å². The van der Waals surface area contributed by atoms with Crippen LogP contribution in [0.5, 0.6) is 11.5 Å². The van der Waals surface area contributed by atoms with Gasteiger partial charge in [-0.2, -0.15) is 0 Å². The minimum Gasteiger partial charge on any atom is -0.456 e. The monoisotopic (exact) mass is 370 g/mol. The first-order valence-corrected chi connectivity index (χ1v) is 8.62. The number of ether oxygens (including phenoxy) is 2. The molecular formula is C20H22N2O5. The Morgan fingerprint density at radius 2 is 1.59 bits per heavy atom. The third-order valence-corrected chi connectivity index (χ3v) is 3.43. The summed E-state index contributed by atoms with van der Waals surface area (Å²) in [6.45, 7) is 1.82. The third-order valence-electron chi connectivity index (χ3n) is 3.43. The summed E-state index contributed by atoms with van der Waals surface area (Å²) in [7, 11) is 0. The number of carbonyl (C=O) groups excluding carboxylic acids is 3. The Kier molecular flexibility index (Phi) is 7.84. The standard InChI is InChI=1S/C20H22N2O5/c1-2-12-21-18(23)13-22-19(24)14-26-20(25)16-10-6-7-11-17(16)27-15-8-4-3-5-9-15/h3-11H,2,12-14H2,1H3,(H,21,23)(H,22,24). The van der Waals surface area contributed by atoms with Gasteiger partial charge in [-0.15, -0.1) is 0 Å². The number of hydrogen-bond donors (Lipinski definition) is 2. The molecule has 2 rings (SSSR count).